The Labute approximate surface area is 150 Å². The van der Waals surface area contributed by atoms with E-state index in [1.165, 1.54) is 22.7 Å². The van der Waals surface area contributed by atoms with E-state index < -0.39 is 17.7 Å². The maximum Gasteiger partial charge on any atom is 0.341 e. The van der Waals surface area contributed by atoms with Gasteiger partial charge in [0.2, 0.25) is 0 Å². The monoisotopic (exact) mass is 355 g/mol. The number of rotatable bonds is 3. The molecule has 0 N–H and O–H groups in total. The number of benzene rings is 2. The summed E-state index contributed by atoms with van der Waals surface area (Å²) in [6.45, 7) is 1.34. The van der Waals surface area contributed by atoms with Crippen LogP contribution in [-0.2, 0) is 6.42 Å². The number of carbonyl (C=O) groups excluding carboxylic acids is 1. The fraction of sp³-hybridized carbons (Fsp3) is 0.300. The smallest absolute Gasteiger partial charge is 0.322 e. The Morgan fingerprint density at radius 3 is 2.46 bits per heavy atom. The Balaban J connectivity index is 1.39. The number of hydrogen-bond acceptors (Lipinski definition) is 2. The van der Waals surface area contributed by atoms with E-state index >= 15 is 0 Å². The van der Waals surface area contributed by atoms with E-state index in [2.05, 4.69) is 17.2 Å². The van der Waals surface area contributed by atoms with Crippen molar-refractivity contribution < 1.29 is 13.6 Å². The minimum absolute atomic E-state index is 0.210. The van der Waals surface area contributed by atoms with E-state index in [4.69, 9.17) is 0 Å². The molecule has 2 aromatic rings. The molecule has 2 amide bonds. The molecular formula is C20H19F2N3O. The first kappa shape index (κ1) is 16.7. The fourth-order valence-electron chi connectivity index (χ4n) is 3.59. The zero-order chi connectivity index (χ0) is 18.1. The van der Waals surface area contributed by atoms with Gasteiger partial charge in [0.15, 0.2) is 0 Å². The lowest BCUT2D eigenvalue weighted by atomic mass is 9.92. The van der Waals surface area contributed by atoms with Gasteiger partial charge in [0.25, 0.3) is 0 Å². The molecule has 2 aliphatic heterocycles. The molecule has 1 unspecified atom stereocenters. The molecule has 26 heavy (non-hydrogen) atoms. The number of amides is 2. The average molecular weight is 355 g/mol. The Morgan fingerprint density at radius 2 is 1.77 bits per heavy atom. The van der Waals surface area contributed by atoms with E-state index in [0.29, 0.717) is 31.0 Å². The summed E-state index contributed by atoms with van der Waals surface area (Å²) in [5.74, 6) is -0.865. The quantitative estimate of drug-likeness (QED) is 0.820. The largest absolute Gasteiger partial charge is 0.341 e. The molecule has 6 heteroatoms. The molecular weight excluding hydrogens is 336 g/mol. The number of halogens is 2. The lowest BCUT2D eigenvalue weighted by Crippen LogP contribution is -2.54. The summed E-state index contributed by atoms with van der Waals surface area (Å²) in [5.41, 5.74) is 1.69. The van der Waals surface area contributed by atoms with Gasteiger partial charge in [-0.25, -0.2) is 18.6 Å². The Kier molecular flexibility index (Phi) is 4.41. The second-order valence-electron chi connectivity index (χ2n) is 6.84. The van der Waals surface area contributed by atoms with Gasteiger partial charge in [0, 0.05) is 31.8 Å². The lowest BCUT2D eigenvalue weighted by Gasteiger charge is -2.41. The summed E-state index contributed by atoms with van der Waals surface area (Å²) in [6, 6.07) is 12.9. The summed E-state index contributed by atoms with van der Waals surface area (Å²) < 4.78 is 27.0. The van der Waals surface area contributed by atoms with Crippen LogP contribution in [0.25, 0.3) is 0 Å². The summed E-state index contributed by atoms with van der Waals surface area (Å²) >= 11 is 0. The van der Waals surface area contributed by atoms with Crippen molar-refractivity contribution in [3.8, 4) is 0 Å². The highest BCUT2D eigenvalue weighted by atomic mass is 19.1. The number of carbonyl (C=O) groups is 1. The molecule has 0 bridgehead atoms. The zero-order valence-corrected chi connectivity index (χ0v) is 14.2. The first-order valence-electron chi connectivity index (χ1n) is 8.70. The first-order chi connectivity index (χ1) is 12.6. The Hall–Kier alpha value is -2.76. The van der Waals surface area contributed by atoms with Crippen LogP contribution in [0.3, 0.4) is 0 Å². The molecule has 0 radical (unpaired) electrons. The van der Waals surface area contributed by atoms with E-state index in [1.54, 1.807) is 11.1 Å². The molecule has 0 aliphatic carbocycles. The molecule has 1 saturated heterocycles. The third-order valence-electron chi connectivity index (χ3n) is 4.89. The SMILES string of the molecule is O=C(N1CC(Cc2ccccc2)C1)N1N=CCC1c1cc(F)cc(F)c1. The third-order valence-corrected chi connectivity index (χ3v) is 4.89. The van der Waals surface area contributed by atoms with Crippen molar-refractivity contribution in [1.82, 2.24) is 9.91 Å². The second-order valence-corrected chi connectivity index (χ2v) is 6.84. The molecule has 4 nitrogen and oxygen atoms in total. The highest BCUT2D eigenvalue weighted by molar-refractivity contribution is 5.79. The number of nitrogens with zero attached hydrogens (tertiary/aromatic N) is 3. The van der Waals surface area contributed by atoms with Crippen LogP contribution >= 0.6 is 0 Å². The van der Waals surface area contributed by atoms with Crippen molar-refractivity contribution >= 4 is 12.2 Å². The second kappa shape index (κ2) is 6.86. The van der Waals surface area contributed by atoms with Crippen LogP contribution in [0.2, 0.25) is 0 Å². The molecule has 1 atom stereocenters. The van der Waals surface area contributed by atoms with Crippen LogP contribution in [0, 0.1) is 17.6 Å². The fourth-order valence-corrected chi connectivity index (χ4v) is 3.59. The van der Waals surface area contributed by atoms with Gasteiger partial charge >= 0.3 is 6.03 Å². The zero-order valence-electron chi connectivity index (χ0n) is 14.2. The van der Waals surface area contributed by atoms with Gasteiger partial charge in [-0.3, -0.25) is 0 Å². The van der Waals surface area contributed by atoms with E-state index in [1.807, 2.05) is 18.2 Å². The normalized spacial score (nSPS) is 19.7. The van der Waals surface area contributed by atoms with Gasteiger partial charge < -0.3 is 4.90 Å². The third kappa shape index (κ3) is 3.31. The van der Waals surface area contributed by atoms with Crippen LogP contribution in [0.1, 0.15) is 23.6 Å². The number of likely N-dealkylation sites (tertiary alicyclic amines) is 1. The van der Waals surface area contributed by atoms with Gasteiger partial charge in [-0.15, -0.1) is 0 Å². The summed E-state index contributed by atoms with van der Waals surface area (Å²) in [7, 11) is 0. The molecule has 2 aromatic carbocycles. The van der Waals surface area contributed by atoms with Gasteiger partial charge in [-0.05, 0) is 35.6 Å². The summed E-state index contributed by atoms with van der Waals surface area (Å²) in [4.78, 5) is 14.5. The van der Waals surface area contributed by atoms with Crippen LogP contribution < -0.4 is 0 Å². The van der Waals surface area contributed by atoms with Crippen molar-refractivity contribution in [3.63, 3.8) is 0 Å². The van der Waals surface area contributed by atoms with Crippen LogP contribution in [-0.4, -0.2) is 35.2 Å². The number of hydrogen-bond donors (Lipinski definition) is 0. The van der Waals surface area contributed by atoms with Crippen molar-refractivity contribution in [2.45, 2.75) is 18.9 Å². The highest BCUT2D eigenvalue weighted by Crippen LogP contribution is 2.32. The summed E-state index contributed by atoms with van der Waals surface area (Å²) in [5, 5.41) is 5.48. The average Bonchev–Trinajstić information content (AvgIpc) is 3.07. The van der Waals surface area contributed by atoms with Crippen LogP contribution in [0.5, 0.6) is 0 Å². The number of urea groups is 1. The minimum atomic E-state index is -0.647. The molecule has 1 fully saturated rings. The maximum absolute atomic E-state index is 13.5. The summed E-state index contributed by atoms with van der Waals surface area (Å²) in [6.07, 6.45) is 3.01. The lowest BCUT2D eigenvalue weighted by molar-refractivity contribution is 0.0834. The number of hydrazone groups is 1. The van der Waals surface area contributed by atoms with Crippen molar-refractivity contribution in [2.75, 3.05) is 13.1 Å². The first-order valence-corrected chi connectivity index (χ1v) is 8.70. The minimum Gasteiger partial charge on any atom is -0.322 e. The van der Waals surface area contributed by atoms with Gasteiger partial charge in [0.05, 0.1) is 6.04 Å². The van der Waals surface area contributed by atoms with Crippen LogP contribution in [0.4, 0.5) is 13.6 Å². The van der Waals surface area contributed by atoms with Gasteiger partial charge in [-0.1, -0.05) is 30.3 Å². The molecule has 134 valence electrons. The van der Waals surface area contributed by atoms with Crippen molar-refractivity contribution in [2.24, 2.45) is 11.0 Å². The van der Waals surface area contributed by atoms with Crippen LogP contribution in [0.15, 0.2) is 53.6 Å². The highest BCUT2D eigenvalue weighted by Gasteiger charge is 2.37. The van der Waals surface area contributed by atoms with E-state index in [0.717, 1.165) is 12.5 Å². The predicted molar refractivity (Wildman–Crippen MR) is 94.7 cm³/mol. The molecule has 0 saturated carbocycles. The predicted octanol–water partition coefficient (Wildman–Crippen LogP) is 3.99. The molecule has 0 aromatic heterocycles. The Morgan fingerprint density at radius 1 is 1.08 bits per heavy atom. The van der Waals surface area contributed by atoms with E-state index in [9.17, 15) is 13.6 Å². The Bertz CT molecular complexity index is 814. The topological polar surface area (TPSA) is 35.9 Å². The molecule has 4 rings (SSSR count). The van der Waals surface area contributed by atoms with Gasteiger partial charge in [0.1, 0.15) is 11.6 Å². The van der Waals surface area contributed by atoms with Crippen molar-refractivity contribution in [3.05, 3.63) is 71.3 Å². The molecule has 2 aliphatic rings. The molecule has 2 heterocycles. The molecule has 0 spiro atoms. The standard InChI is InChI=1S/C20H19F2N3O/c21-17-9-16(10-18(22)11-17)19-6-7-23-25(19)20(26)24-12-15(13-24)8-14-4-2-1-3-5-14/h1-5,7,9-11,15,19H,6,8,12-13H2. The van der Waals surface area contributed by atoms with E-state index in [-0.39, 0.29) is 6.03 Å². The maximum atomic E-state index is 13.5. The van der Waals surface area contributed by atoms with Gasteiger partial charge in [-0.2, -0.15) is 5.10 Å². The van der Waals surface area contributed by atoms with Crippen molar-refractivity contribution in [1.29, 1.82) is 0 Å².